The van der Waals surface area contributed by atoms with Crippen LogP contribution in [0.3, 0.4) is 0 Å². The van der Waals surface area contributed by atoms with Crippen molar-refractivity contribution in [2.75, 3.05) is 45.9 Å². The van der Waals surface area contributed by atoms with E-state index in [0.717, 1.165) is 11.0 Å². The number of fused-ring (bicyclic) bond motifs is 1. The second kappa shape index (κ2) is 8.01. The van der Waals surface area contributed by atoms with Gasteiger partial charge in [-0.25, -0.2) is 4.68 Å². The highest BCUT2D eigenvalue weighted by Crippen LogP contribution is 2.13. The molecule has 0 unspecified atom stereocenters. The van der Waals surface area contributed by atoms with Crippen LogP contribution in [0.4, 0.5) is 0 Å². The normalized spacial score (nSPS) is 20.8. The molecule has 2 fully saturated rings. The SMILES string of the molecule is O=C([C@H]1CNCCN1C(=O)CCn1nnc2ccccc21)N1CCOCC1. The largest absolute Gasteiger partial charge is 0.378 e. The van der Waals surface area contributed by atoms with E-state index in [1.54, 1.807) is 14.5 Å². The number of carbonyl (C=O) groups excluding carboxylic acids is 2. The number of piperazine rings is 1. The number of nitrogens with one attached hydrogen (secondary N) is 1. The Morgan fingerprint density at radius 1 is 1.19 bits per heavy atom. The fourth-order valence-corrected chi connectivity index (χ4v) is 3.65. The molecule has 2 amide bonds. The van der Waals surface area contributed by atoms with Crippen molar-refractivity contribution in [3.63, 3.8) is 0 Å². The van der Waals surface area contributed by atoms with Crippen LogP contribution >= 0.6 is 0 Å². The second-order valence-electron chi connectivity index (χ2n) is 6.80. The van der Waals surface area contributed by atoms with E-state index in [2.05, 4.69) is 15.6 Å². The van der Waals surface area contributed by atoms with Crippen LogP contribution in [-0.2, 0) is 20.9 Å². The van der Waals surface area contributed by atoms with Crippen molar-refractivity contribution in [2.24, 2.45) is 0 Å². The van der Waals surface area contributed by atoms with Crippen LogP contribution in [0.25, 0.3) is 11.0 Å². The van der Waals surface area contributed by atoms with Gasteiger partial charge < -0.3 is 19.9 Å². The number of hydrogen-bond acceptors (Lipinski definition) is 6. The van der Waals surface area contributed by atoms with E-state index in [1.165, 1.54) is 0 Å². The average molecular weight is 372 g/mol. The summed E-state index contributed by atoms with van der Waals surface area (Å²) in [7, 11) is 0. The van der Waals surface area contributed by atoms with Gasteiger partial charge in [0.25, 0.3) is 0 Å². The predicted molar refractivity (Wildman–Crippen MR) is 97.9 cm³/mol. The molecule has 2 saturated heterocycles. The summed E-state index contributed by atoms with van der Waals surface area (Å²) in [6.07, 6.45) is 0.292. The third-order valence-corrected chi connectivity index (χ3v) is 5.13. The Hall–Kier alpha value is -2.52. The first-order valence-corrected chi connectivity index (χ1v) is 9.39. The number of aromatic nitrogens is 3. The van der Waals surface area contributed by atoms with Gasteiger partial charge in [-0.1, -0.05) is 17.3 Å². The molecule has 3 heterocycles. The Bertz CT molecular complexity index is 816. The van der Waals surface area contributed by atoms with Crippen LogP contribution in [0.1, 0.15) is 6.42 Å². The molecule has 1 atom stereocenters. The van der Waals surface area contributed by atoms with Crippen molar-refractivity contribution >= 4 is 22.8 Å². The molecule has 0 saturated carbocycles. The standard InChI is InChI=1S/C18H24N6O3/c25-17(5-7-24-15-4-2-1-3-14(15)20-21-24)23-8-6-19-13-16(23)18(26)22-9-11-27-12-10-22/h1-4,16,19H,5-13H2/t16-/m1/s1. The summed E-state index contributed by atoms with van der Waals surface area (Å²) in [5, 5.41) is 11.5. The number of hydrogen-bond donors (Lipinski definition) is 1. The summed E-state index contributed by atoms with van der Waals surface area (Å²) in [5.74, 6) is -0.0206. The summed E-state index contributed by atoms with van der Waals surface area (Å²) in [6.45, 7) is 4.46. The van der Waals surface area contributed by atoms with E-state index in [9.17, 15) is 9.59 Å². The Labute approximate surface area is 157 Å². The number of morpholine rings is 1. The zero-order valence-electron chi connectivity index (χ0n) is 15.2. The molecule has 2 aliphatic rings. The van der Waals surface area contributed by atoms with Crippen LogP contribution in [0.5, 0.6) is 0 Å². The minimum atomic E-state index is -0.447. The Morgan fingerprint density at radius 2 is 2.00 bits per heavy atom. The van der Waals surface area contributed by atoms with E-state index >= 15 is 0 Å². The molecule has 0 radical (unpaired) electrons. The van der Waals surface area contributed by atoms with Crippen LogP contribution in [0.15, 0.2) is 24.3 Å². The van der Waals surface area contributed by atoms with Gasteiger partial charge in [0, 0.05) is 39.1 Å². The minimum absolute atomic E-state index is 0.00468. The van der Waals surface area contributed by atoms with E-state index in [1.807, 2.05) is 24.3 Å². The summed E-state index contributed by atoms with van der Waals surface area (Å²) in [6, 6.07) is 7.23. The molecule has 2 aromatic rings. The lowest BCUT2D eigenvalue weighted by Gasteiger charge is -2.39. The molecule has 1 aromatic heterocycles. The lowest BCUT2D eigenvalue weighted by atomic mass is 10.1. The highest BCUT2D eigenvalue weighted by atomic mass is 16.5. The van der Waals surface area contributed by atoms with E-state index in [0.29, 0.717) is 58.9 Å². The highest BCUT2D eigenvalue weighted by molar-refractivity contribution is 5.88. The second-order valence-corrected chi connectivity index (χ2v) is 6.80. The average Bonchev–Trinajstić information content (AvgIpc) is 3.15. The highest BCUT2D eigenvalue weighted by Gasteiger charge is 2.35. The fraction of sp³-hybridized carbons (Fsp3) is 0.556. The molecule has 0 spiro atoms. The molecule has 4 rings (SSSR count). The molecule has 1 aromatic carbocycles. The number of carbonyl (C=O) groups is 2. The molecule has 9 heteroatoms. The van der Waals surface area contributed by atoms with E-state index in [-0.39, 0.29) is 11.8 Å². The summed E-state index contributed by atoms with van der Waals surface area (Å²) >= 11 is 0. The van der Waals surface area contributed by atoms with Gasteiger partial charge in [0.05, 0.1) is 25.3 Å². The van der Waals surface area contributed by atoms with E-state index < -0.39 is 6.04 Å². The summed E-state index contributed by atoms with van der Waals surface area (Å²) in [5.41, 5.74) is 1.72. The van der Waals surface area contributed by atoms with Crippen molar-refractivity contribution in [3.8, 4) is 0 Å². The molecule has 2 aliphatic heterocycles. The van der Waals surface area contributed by atoms with Crippen LogP contribution < -0.4 is 5.32 Å². The number of para-hydroxylation sites is 1. The Kier molecular flexibility index (Phi) is 5.30. The smallest absolute Gasteiger partial charge is 0.246 e. The predicted octanol–water partition coefficient (Wildman–Crippen LogP) is -0.519. The molecule has 9 nitrogen and oxygen atoms in total. The maximum atomic E-state index is 12.9. The maximum absolute atomic E-state index is 12.9. The van der Waals surface area contributed by atoms with Crippen LogP contribution in [0, 0.1) is 0 Å². The number of nitrogens with zero attached hydrogens (tertiary/aromatic N) is 5. The van der Waals surface area contributed by atoms with Gasteiger partial charge in [-0.3, -0.25) is 9.59 Å². The summed E-state index contributed by atoms with van der Waals surface area (Å²) < 4.78 is 7.07. The zero-order valence-corrected chi connectivity index (χ0v) is 15.2. The molecular formula is C18H24N6O3. The molecule has 27 heavy (non-hydrogen) atoms. The number of rotatable bonds is 4. The quantitative estimate of drug-likeness (QED) is 0.777. The van der Waals surface area contributed by atoms with Crippen molar-refractivity contribution in [3.05, 3.63) is 24.3 Å². The molecule has 1 N–H and O–H groups in total. The number of amides is 2. The first kappa shape index (κ1) is 17.9. The fourth-order valence-electron chi connectivity index (χ4n) is 3.65. The Balaban J connectivity index is 1.42. The Morgan fingerprint density at radius 3 is 2.85 bits per heavy atom. The van der Waals surface area contributed by atoms with Crippen molar-refractivity contribution in [2.45, 2.75) is 19.0 Å². The van der Waals surface area contributed by atoms with Crippen LogP contribution in [-0.4, -0.2) is 88.6 Å². The van der Waals surface area contributed by atoms with Gasteiger partial charge in [-0.2, -0.15) is 0 Å². The molecular weight excluding hydrogens is 348 g/mol. The monoisotopic (exact) mass is 372 g/mol. The molecule has 144 valence electrons. The summed E-state index contributed by atoms with van der Waals surface area (Å²) in [4.78, 5) is 29.3. The van der Waals surface area contributed by atoms with Gasteiger partial charge in [0.2, 0.25) is 11.8 Å². The van der Waals surface area contributed by atoms with Gasteiger partial charge in [0.1, 0.15) is 11.6 Å². The van der Waals surface area contributed by atoms with Crippen molar-refractivity contribution in [1.82, 2.24) is 30.1 Å². The topological polar surface area (TPSA) is 92.6 Å². The zero-order chi connectivity index (χ0) is 18.6. The van der Waals surface area contributed by atoms with Gasteiger partial charge in [-0.15, -0.1) is 5.10 Å². The molecule has 0 aliphatic carbocycles. The molecule has 0 bridgehead atoms. The third kappa shape index (κ3) is 3.79. The lowest BCUT2D eigenvalue weighted by Crippen LogP contribution is -2.61. The first-order chi connectivity index (χ1) is 13.2. The van der Waals surface area contributed by atoms with E-state index in [4.69, 9.17) is 4.74 Å². The van der Waals surface area contributed by atoms with Gasteiger partial charge in [0.15, 0.2) is 0 Å². The maximum Gasteiger partial charge on any atom is 0.246 e. The number of ether oxygens (including phenoxy) is 1. The third-order valence-electron chi connectivity index (χ3n) is 5.13. The minimum Gasteiger partial charge on any atom is -0.378 e. The van der Waals surface area contributed by atoms with Crippen molar-refractivity contribution < 1.29 is 14.3 Å². The van der Waals surface area contributed by atoms with Gasteiger partial charge in [-0.05, 0) is 12.1 Å². The number of benzene rings is 1. The van der Waals surface area contributed by atoms with Gasteiger partial charge >= 0.3 is 0 Å². The van der Waals surface area contributed by atoms with Crippen LogP contribution in [0.2, 0.25) is 0 Å². The van der Waals surface area contributed by atoms with Crippen molar-refractivity contribution in [1.29, 1.82) is 0 Å². The lowest BCUT2D eigenvalue weighted by molar-refractivity contribution is -0.149. The first-order valence-electron chi connectivity index (χ1n) is 9.39. The number of aryl methyl sites for hydroxylation is 1.